The molecule has 1 amide bonds. The Morgan fingerprint density at radius 3 is 2.85 bits per heavy atom. The maximum absolute atomic E-state index is 12.6. The molecular weight excluding hydrogens is 272 g/mol. The van der Waals surface area contributed by atoms with Gasteiger partial charge in [0.05, 0.1) is 0 Å². The number of fused-ring (bicyclic) bond motifs is 1. The highest BCUT2D eigenvalue weighted by atomic mass is 35.5. The highest BCUT2D eigenvalue weighted by molar-refractivity contribution is 6.34. The van der Waals surface area contributed by atoms with Crippen LogP contribution in [0.1, 0.15) is 36.7 Å². The fraction of sp³-hybridized carbons (Fsp3) is 0.375. The first-order chi connectivity index (χ1) is 9.70. The van der Waals surface area contributed by atoms with Crippen LogP contribution >= 0.6 is 11.6 Å². The van der Waals surface area contributed by atoms with Crippen LogP contribution in [0.5, 0.6) is 0 Å². The summed E-state index contributed by atoms with van der Waals surface area (Å²) in [5.41, 5.74) is 0.453. The van der Waals surface area contributed by atoms with Crippen molar-refractivity contribution in [2.24, 2.45) is 0 Å². The molecule has 1 aromatic carbocycles. The van der Waals surface area contributed by atoms with Crippen molar-refractivity contribution in [1.82, 2.24) is 9.88 Å². The molecule has 0 radical (unpaired) electrons. The summed E-state index contributed by atoms with van der Waals surface area (Å²) in [5, 5.41) is 2.25. The molecule has 3 nitrogen and oxygen atoms in total. The smallest absolute Gasteiger partial charge is 0.272 e. The zero-order valence-electron chi connectivity index (χ0n) is 11.5. The largest absolute Gasteiger partial charge is 0.334 e. The quantitative estimate of drug-likeness (QED) is 0.799. The van der Waals surface area contributed by atoms with E-state index in [4.69, 9.17) is 11.6 Å². The lowest BCUT2D eigenvalue weighted by atomic mass is 10.1. The molecule has 1 saturated carbocycles. The van der Waals surface area contributed by atoms with Crippen LogP contribution in [-0.4, -0.2) is 28.4 Å². The van der Waals surface area contributed by atoms with Crippen molar-refractivity contribution in [3.05, 3.63) is 41.2 Å². The number of aromatic nitrogens is 1. The molecule has 0 unspecified atom stereocenters. The number of pyridine rings is 1. The van der Waals surface area contributed by atoms with Crippen LogP contribution < -0.4 is 0 Å². The average Bonchev–Trinajstić information content (AvgIpc) is 3.28. The van der Waals surface area contributed by atoms with Crippen LogP contribution in [0.3, 0.4) is 0 Å². The summed E-state index contributed by atoms with van der Waals surface area (Å²) >= 11 is 6.20. The zero-order chi connectivity index (χ0) is 14.1. The summed E-state index contributed by atoms with van der Waals surface area (Å²) in [4.78, 5) is 18.8. The molecule has 0 atom stereocenters. The van der Waals surface area contributed by atoms with Gasteiger partial charge in [0.1, 0.15) is 10.8 Å². The lowest BCUT2D eigenvalue weighted by Crippen LogP contribution is -2.34. The van der Waals surface area contributed by atoms with Gasteiger partial charge >= 0.3 is 0 Å². The number of halogens is 1. The Kier molecular flexibility index (Phi) is 3.62. The van der Waals surface area contributed by atoms with Gasteiger partial charge in [-0.15, -0.1) is 0 Å². The minimum atomic E-state index is 0.00185. The van der Waals surface area contributed by atoms with Gasteiger partial charge in [0.15, 0.2) is 0 Å². The van der Waals surface area contributed by atoms with Crippen molar-refractivity contribution in [2.45, 2.75) is 32.2 Å². The predicted octanol–water partition coefficient (Wildman–Crippen LogP) is 3.90. The molecule has 0 N–H and O–H groups in total. The first kappa shape index (κ1) is 13.4. The Morgan fingerprint density at radius 1 is 1.40 bits per heavy atom. The van der Waals surface area contributed by atoms with Crippen molar-refractivity contribution in [3.8, 4) is 0 Å². The Balaban J connectivity index is 1.98. The first-order valence-electron chi connectivity index (χ1n) is 7.07. The topological polar surface area (TPSA) is 33.2 Å². The highest BCUT2D eigenvalue weighted by Gasteiger charge is 2.33. The summed E-state index contributed by atoms with van der Waals surface area (Å²) in [6, 6.07) is 9.98. The fourth-order valence-corrected chi connectivity index (χ4v) is 2.75. The fourth-order valence-electron chi connectivity index (χ4n) is 2.49. The van der Waals surface area contributed by atoms with Gasteiger partial charge in [-0.2, -0.15) is 0 Å². The van der Waals surface area contributed by atoms with Gasteiger partial charge in [-0.05, 0) is 30.7 Å². The van der Waals surface area contributed by atoms with Crippen molar-refractivity contribution in [2.75, 3.05) is 6.54 Å². The Bertz CT molecular complexity index is 652. The second-order valence-electron chi connectivity index (χ2n) is 5.25. The second-order valence-corrected chi connectivity index (χ2v) is 5.61. The Labute approximate surface area is 123 Å². The standard InChI is InChI=1S/C16H17ClN2O/c1-2-9-19(12-7-8-12)16(20)14-10-11-5-3-4-6-13(11)15(17)18-14/h3-6,10,12H,2,7-9H2,1H3. The Hall–Kier alpha value is -1.61. The molecular formula is C16H17ClN2O. The number of carbonyl (C=O) groups is 1. The molecule has 1 fully saturated rings. The van der Waals surface area contributed by atoms with Gasteiger partial charge in [-0.1, -0.05) is 42.8 Å². The number of rotatable bonds is 4. The van der Waals surface area contributed by atoms with E-state index in [1.54, 1.807) is 0 Å². The van der Waals surface area contributed by atoms with E-state index in [-0.39, 0.29) is 5.91 Å². The minimum absolute atomic E-state index is 0.00185. The second kappa shape index (κ2) is 5.41. The predicted molar refractivity (Wildman–Crippen MR) is 81.1 cm³/mol. The summed E-state index contributed by atoms with van der Waals surface area (Å²) in [6.07, 6.45) is 3.17. The van der Waals surface area contributed by atoms with E-state index in [0.29, 0.717) is 16.9 Å². The number of benzene rings is 1. The van der Waals surface area contributed by atoms with Crippen molar-refractivity contribution in [3.63, 3.8) is 0 Å². The van der Waals surface area contributed by atoms with E-state index in [9.17, 15) is 4.79 Å². The highest BCUT2D eigenvalue weighted by Crippen LogP contribution is 2.29. The number of carbonyl (C=O) groups excluding carboxylic acids is 1. The van der Waals surface area contributed by atoms with E-state index < -0.39 is 0 Å². The molecule has 1 heterocycles. The number of nitrogens with zero attached hydrogens (tertiary/aromatic N) is 2. The summed E-state index contributed by atoms with van der Waals surface area (Å²) in [6.45, 7) is 2.87. The molecule has 3 rings (SSSR count). The van der Waals surface area contributed by atoms with Gasteiger partial charge < -0.3 is 4.90 Å². The first-order valence-corrected chi connectivity index (χ1v) is 7.44. The van der Waals surface area contributed by atoms with Crippen LogP contribution in [0.15, 0.2) is 30.3 Å². The maximum atomic E-state index is 12.6. The average molecular weight is 289 g/mol. The Morgan fingerprint density at radius 2 is 2.15 bits per heavy atom. The van der Waals surface area contributed by atoms with Crippen LogP contribution in [0.2, 0.25) is 5.15 Å². The molecule has 0 aliphatic heterocycles. The zero-order valence-corrected chi connectivity index (χ0v) is 12.2. The van der Waals surface area contributed by atoms with Gasteiger partial charge in [-0.3, -0.25) is 4.79 Å². The van der Waals surface area contributed by atoms with Gasteiger partial charge in [0.2, 0.25) is 0 Å². The number of amides is 1. The van der Waals surface area contributed by atoms with Gasteiger partial charge in [0.25, 0.3) is 5.91 Å². The molecule has 20 heavy (non-hydrogen) atoms. The SMILES string of the molecule is CCCN(C(=O)c1cc2ccccc2c(Cl)n1)C1CC1. The third-order valence-electron chi connectivity index (χ3n) is 3.63. The number of hydrogen-bond donors (Lipinski definition) is 0. The molecule has 0 saturated heterocycles. The third-order valence-corrected chi connectivity index (χ3v) is 3.91. The lowest BCUT2D eigenvalue weighted by molar-refractivity contribution is 0.0737. The van der Waals surface area contributed by atoms with Crippen LogP contribution in [0.4, 0.5) is 0 Å². The van der Waals surface area contributed by atoms with E-state index in [2.05, 4.69) is 11.9 Å². The molecule has 2 aromatic rings. The van der Waals surface area contributed by atoms with Gasteiger partial charge in [0, 0.05) is 18.0 Å². The van der Waals surface area contributed by atoms with Crippen LogP contribution in [0.25, 0.3) is 10.8 Å². The third kappa shape index (κ3) is 2.50. The molecule has 1 aliphatic rings. The summed E-state index contributed by atoms with van der Waals surface area (Å²) in [7, 11) is 0. The van der Waals surface area contributed by atoms with E-state index in [0.717, 1.165) is 36.6 Å². The molecule has 0 spiro atoms. The molecule has 1 aliphatic carbocycles. The van der Waals surface area contributed by atoms with Crippen molar-refractivity contribution >= 4 is 28.3 Å². The lowest BCUT2D eigenvalue weighted by Gasteiger charge is -2.21. The maximum Gasteiger partial charge on any atom is 0.272 e. The summed E-state index contributed by atoms with van der Waals surface area (Å²) in [5.74, 6) is 0.00185. The van der Waals surface area contributed by atoms with Crippen molar-refractivity contribution < 1.29 is 4.79 Å². The van der Waals surface area contributed by atoms with Crippen LogP contribution in [-0.2, 0) is 0 Å². The minimum Gasteiger partial charge on any atom is -0.334 e. The monoisotopic (exact) mass is 288 g/mol. The van der Waals surface area contributed by atoms with E-state index >= 15 is 0 Å². The molecule has 4 heteroatoms. The normalized spacial score (nSPS) is 14.5. The van der Waals surface area contributed by atoms with E-state index in [1.165, 1.54) is 0 Å². The van der Waals surface area contributed by atoms with Crippen LogP contribution in [0, 0.1) is 0 Å². The molecule has 0 bridgehead atoms. The number of hydrogen-bond acceptors (Lipinski definition) is 2. The van der Waals surface area contributed by atoms with Crippen molar-refractivity contribution in [1.29, 1.82) is 0 Å². The van der Waals surface area contributed by atoms with E-state index in [1.807, 2.05) is 35.2 Å². The molecule has 1 aromatic heterocycles. The molecule has 104 valence electrons. The summed E-state index contributed by atoms with van der Waals surface area (Å²) < 4.78 is 0. The van der Waals surface area contributed by atoms with Gasteiger partial charge in [-0.25, -0.2) is 4.98 Å².